The third kappa shape index (κ3) is 4.16. The lowest BCUT2D eigenvalue weighted by Crippen LogP contribution is -2.27. The smallest absolute Gasteiger partial charge is 0.229 e. The van der Waals surface area contributed by atoms with Crippen LogP contribution in [-0.4, -0.2) is 35.6 Å². The van der Waals surface area contributed by atoms with Gasteiger partial charge in [0.15, 0.2) is 0 Å². The third-order valence-electron chi connectivity index (χ3n) is 6.46. The summed E-state index contributed by atoms with van der Waals surface area (Å²) in [5, 5.41) is 12.8. The van der Waals surface area contributed by atoms with E-state index in [2.05, 4.69) is 54.7 Å². The number of aromatic amines is 2. The van der Waals surface area contributed by atoms with E-state index in [-0.39, 0.29) is 5.91 Å². The fourth-order valence-corrected chi connectivity index (χ4v) is 4.43. The second-order valence-electron chi connectivity index (χ2n) is 10.3. The lowest BCUT2D eigenvalue weighted by atomic mass is 9.95. The molecule has 2 aromatic carbocycles. The van der Waals surface area contributed by atoms with Crippen LogP contribution in [0.5, 0.6) is 0 Å². The highest BCUT2D eigenvalue weighted by molar-refractivity contribution is 6.00. The maximum atomic E-state index is 12.5. The van der Waals surface area contributed by atoms with Gasteiger partial charge in [0.2, 0.25) is 5.91 Å². The Morgan fingerprint density at radius 3 is 2.62 bits per heavy atom. The van der Waals surface area contributed by atoms with Crippen LogP contribution in [0.3, 0.4) is 0 Å². The van der Waals surface area contributed by atoms with Crippen LogP contribution >= 0.6 is 0 Å². The van der Waals surface area contributed by atoms with E-state index in [1.165, 1.54) is 0 Å². The number of aryl methyl sites for hydroxylation is 1. The molecule has 0 aliphatic carbocycles. The number of anilines is 1. The second-order valence-corrected chi connectivity index (χ2v) is 10.3. The predicted octanol–water partition coefficient (Wildman–Crippen LogP) is 6.25. The summed E-state index contributed by atoms with van der Waals surface area (Å²) in [7, 11) is 0. The molecule has 4 aromatic heterocycles. The SMILES string of the molecule is Cc1cn(-c2cccc3[nH]c(-c4n[nH]c5ccc(-c6cncc(NC(=O)C(C)(C)C)c6)cc45)cc23)cn1. The van der Waals surface area contributed by atoms with Gasteiger partial charge in [-0.15, -0.1) is 0 Å². The van der Waals surface area contributed by atoms with Crippen LogP contribution in [0.15, 0.2) is 73.4 Å². The molecule has 184 valence electrons. The molecule has 0 aliphatic rings. The van der Waals surface area contributed by atoms with Crippen LogP contribution in [0.25, 0.3) is 50.0 Å². The van der Waals surface area contributed by atoms with Gasteiger partial charge in [0.05, 0.1) is 40.8 Å². The van der Waals surface area contributed by atoms with Gasteiger partial charge in [-0.3, -0.25) is 14.9 Å². The Hall–Kier alpha value is -4.72. The van der Waals surface area contributed by atoms with Crippen molar-refractivity contribution in [1.82, 2.24) is 29.7 Å². The first-order valence-electron chi connectivity index (χ1n) is 12.1. The number of carbonyl (C=O) groups excluding carboxylic acids is 1. The number of carbonyl (C=O) groups is 1. The van der Waals surface area contributed by atoms with Gasteiger partial charge in [-0.05, 0) is 48.9 Å². The van der Waals surface area contributed by atoms with Crippen molar-refractivity contribution < 1.29 is 4.79 Å². The highest BCUT2D eigenvalue weighted by Gasteiger charge is 2.21. The molecular formula is C29H27N7O. The standard InChI is InChI=1S/C29H27N7O/c1-17-15-36(16-31-17)26-7-5-6-23-21(26)12-25(33-23)27-22-11-18(8-9-24(22)34-35-27)19-10-20(14-30-13-19)32-28(37)29(2,3)4/h5-16,33H,1-4H3,(H,32,37)(H,34,35). The first kappa shape index (κ1) is 22.7. The number of rotatable bonds is 4. The van der Waals surface area contributed by atoms with Crippen molar-refractivity contribution in [2.45, 2.75) is 27.7 Å². The maximum absolute atomic E-state index is 12.5. The first-order chi connectivity index (χ1) is 17.8. The molecule has 6 aromatic rings. The van der Waals surface area contributed by atoms with E-state index >= 15 is 0 Å². The number of pyridine rings is 1. The lowest BCUT2D eigenvalue weighted by molar-refractivity contribution is -0.123. The fraction of sp³-hybridized carbons (Fsp3) is 0.172. The van der Waals surface area contributed by atoms with Gasteiger partial charge in [0, 0.05) is 39.7 Å². The number of fused-ring (bicyclic) bond motifs is 2. The van der Waals surface area contributed by atoms with Crippen molar-refractivity contribution in [2.75, 3.05) is 5.32 Å². The van der Waals surface area contributed by atoms with Crippen LogP contribution in [-0.2, 0) is 4.79 Å². The van der Waals surface area contributed by atoms with Crippen molar-refractivity contribution in [3.63, 3.8) is 0 Å². The summed E-state index contributed by atoms with van der Waals surface area (Å²) in [5.41, 5.74) is 7.83. The highest BCUT2D eigenvalue weighted by Crippen LogP contribution is 2.34. The van der Waals surface area contributed by atoms with Gasteiger partial charge >= 0.3 is 0 Å². The van der Waals surface area contributed by atoms with Crippen LogP contribution in [0.2, 0.25) is 0 Å². The number of H-pyrrole nitrogens is 2. The van der Waals surface area contributed by atoms with E-state index in [9.17, 15) is 4.79 Å². The van der Waals surface area contributed by atoms with E-state index in [4.69, 9.17) is 0 Å². The minimum absolute atomic E-state index is 0.0527. The van der Waals surface area contributed by atoms with Crippen molar-refractivity contribution in [3.05, 3.63) is 79.1 Å². The van der Waals surface area contributed by atoms with Crippen molar-refractivity contribution in [1.29, 1.82) is 0 Å². The molecule has 0 saturated carbocycles. The zero-order valence-corrected chi connectivity index (χ0v) is 21.1. The lowest BCUT2D eigenvalue weighted by Gasteiger charge is -2.17. The van der Waals surface area contributed by atoms with Gasteiger partial charge in [-0.1, -0.05) is 32.9 Å². The molecule has 0 unspecified atom stereocenters. The number of aromatic nitrogens is 6. The van der Waals surface area contributed by atoms with Gasteiger partial charge in [0.1, 0.15) is 5.69 Å². The van der Waals surface area contributed by atoms with Crippen LogP contribution in [0, 0.1) is 12.3 Å². The number of imidazole rings is 1. The quantitative estimate of drug-likeness (QED) is 0.272. The molecule has 0 spiro atoms. The Morgan fingerprint density at radius 2 is 1.84 bits per heavy atom. The molecule has 8 heteroatoms. The molecule has 0 atom stereocenters. The molecule has 6 rings (SSSR count). The molecule has 3 N–H and O–H groups in total. The molecule has 4 heterocycles. The summed E-state index contributed by atoms with van der Waals surface area (Å²) in [6, 6.07) is 16.4. The Balaban J connectivity index is 1.40. The summed E-state index contributed by atoms with van der Waals surface area (Å²) in [4.78, 5) is 24.7. The molecule has 1 amide bonds. The predicted molar refractivity (Wildman–Crippen MR) is 147 cm³/mol. The Kier molecular flexibility index (Phi) is 5.19. The Morgan fingerprint density at radius 1 is 0.973 bits per heavy atom. The summed E-state index contributed by atoms with van der Waals surface area (Å²) in [6.45, 7) is 7.64. The topological polar surface area (TPSA) is 104 Å². The van der Waals surface area contributed by atoms with E-state index in [0.29, 0.717) is 5.69 Å². The summed E-state index contributed by atoms with van der Waals surface area (Å²) >= 11 is 0. The monoisotopic (exact) mass is 489 g/mol. The minimum Gasteiger partial charge on any atom is -0.353 e. The average molecular weight is 490 g/mol. The van der Waals surface area contributed by atoms with Crippen molar-refractivity contribution >= 4 is 33.4 Å². The number of hydrogen-bond donors (Lipinski definition) is 3. The van der Waals surface area contributed by atoms with Crippen LogP contribution in [0.1, 0.15) is 26.5 Å². The first-order valence-corrected chi connectivity index (χ1v) is 12.1. The Bertz CT molecular complexity index is 1780. The highest BCUT2D eigenvalue weighted by atomic mass is 16.2. The van der Waals surface area contributed by atoms with E-state index in [1.807, 2.05) is 69.1 Å². The zero-order chi connectivity index (χ0) is 25.7. The normalized spacial score (nSPS) is 11.9. The minimum atomic E-state index is -0.489. The molecular weight excluding hydrogens is 462 g/mol. The maximum Gasteiger partial charge on any atom is 0.229 e. The number of nitrogens with zero attached hydrogens (tertiary/aromatic N) is 4. The van der Waals surface area contributed by atoms with Gasteiger partial charge in [0.25, 0.3) is 0 Å². The summed E-state index contributed by atoms with van der Waals surface area (Å²) in [6.07, 6.45) is 7.32. The average Bonchev–Trinajstić information content (AvgIpc) is 3.60. The molecule has 8 nitrogen and oxygen atoms in total. The van der Waals surface area contributed by atoms with Crippen molar-refractivity contribution in [2.24, 2.45) is 5.41 Å². The van der Waals surface area contributed by atoms with E-state index < -0.39 is 5.41 Å². The number of nitrogens with one attached hydrogen (secondary N) is 3. The van der Waals surface area contributed by atoms with Crippen LogP contribution in [0.4, 0.5) is 5.69 Å². The third-order valence-corrected chi connectivity index (χ3v) is 6.46. The molecule has 0 bridgehead atoms. The molecule has 0 saturated heterocycles. The second kappa shape index (κ2) is 8.44. The molecule has 0 radical (unpaired) electrons. The fourth-order valence-electron chi connectivity index (χ4n) is 4.43. The summed E-state index contributed by atoms with van der Waals surface area (Å²) in [5.74, 6) is -0.0527. The molecule has 37 heavy (non-hydrogen) atoms. The van der Waals surface area contributed by atoms with E-state index in [1.54, 1.807) is 12.4 Å². The largest absolute Gasteiger partial charge is 0.353 e. The Labute approximate surface area is 213 Å². The number of benzene rings is 2. The summed E-state index contributed by atoms with van der Waals surface area (Å²) < 4.78 is 2.04. The van der Waals surface area contributed by atoms with Gasteiger partial charge in [-0.25, -0.2) is 4.98 Å². The van der Waals surface area contributed by atoms with Gasteiger partial charge < -0.3 is 14.9 Å². The molecule has 0 aliphatic heterocycles. The molecule has 0 fully saturated rings. The van der Waals surface area contributed by atoms with Gasteiger partial charge in [-0.2, -0.15) is 5.10 Å². The number of amides is 1. The zero-order valence-electron chi connectivity index (χ0n) is 21.1. The van der Waals surface area contributed by atoms with Crippen molar-refractivity contribution in [3.8, 4) is 28.2 Å². The van der Waals surface area contributed by atoms with E-state index in [0.717, 1.165) is 55.7 Å². The van der Waals surface area contributed by atoms with Crippen LogP contribution < -0.4 is 5.32 Å². The number of hydrogen-bond acceptors (Lipinski definition) is 4.